The highest BCUT2D eigenvalue weighted by molar-refractivity contribution is 6.18. The number of fused-ring (bicyclic) bond motifs is 2. The normalized spacial score (nSPS) is 21.8. The number of hydrogen-bond acceptors (Lipinski definition) is 16. The van der Waals surface area contributed by atoms with Gasteiger partial charge in [0.15, 0.2) is 29.8 Å². The van der Waals surface area contributed by atoms with Crippen molar-refractivity contribution in [2.75, 3.05) is 25.8 Å². The Labute approximate surface area is 487 Å². The van der Waals surface area contributed by atoms with E-state index in [2.05, 4.69) is 0 Å². The molecular weight excluding hydrogens is 1090 g/mol. The lowest BCUT2D eigenvalue weighted by molar-refractivity contribution is -0.386. The van der Waals surface area contributed by atoms with Crippen LogP contribution in [-0.4, -0.2) is 99.1 Å². The van der Waals surface area contributed by atoms with E-state index in [0.29, 0.717) is 35.7 Å². The quantitative estimate of drug-likeness (QED) is 0.0276. The molecule has 6 aromatic carbocycles. The minimum absolute atomic E-state index is 0.00507. The van der Waals surface area contributed by atoms with Crippen LogP contribution in [0.25, 0.3) is 21.5 Å². The van der Waals surface area contributed by atoms with E-state index < -0.39 is 46.8 Å². The number of benzene rings is 6. The van der Waals surface area contributed by atoms with Crippen molar-refractivity contribution in [3.05, 3.63) is 153 Å². The Morgan fingerprint density at radius 2 is 0.976 bits per heavy atom. The third-order valence-electron chi connectivity index (χ3n) is 15.5. The largest absolute Gasteiger partial charge is 0.507 e. The summed E-state index contributed by atoms with van der Waals surface area (Å²) in [5, 5.41) is 36.8. The van der Waals surface area contributed by atoms with Gasteiger partial charge in [-0.3, -0.25) is 39.6 Å². The van der Waals surface area contributed by atoms with Gasteiger partial charge in [0.05, 0.1) is 15.9 Å². The van der Waals surface area contributed by atoms with Gasteiger partial charge in [-0.2, -0.15) is 0 Å². The molecule has 444 valence electrons. The number of amides is 2. The fourth-order valence-electron chi connectivity index (χ4n) is 9.72. The number of aromatic hydroxyl groups is 1. The number of nitro groups is 2. The molecule has 83 heavy (non-hydrogen) atoms. The number of hydrogen-bond donors (Lipinski definition) is 1. The Morgan fingerprint density at radius 3 is 1.41 bits per heavy atom. The third-order valence-corrected chi connectivity index (χ3v) is 15.7. The summed E-state index contributed by atoms with van der Waals surface area (Å²) in [6.45, 7) is 18.7. The van der Waals surface area contributed by atoms with Gasteiger partial charge in [-0.25, -0.2) is 9.59 Å². The molecule has 21 heteroatoms. The molecule has 0 bridgehead atoms. The van der Waals surface area contributed by atoms with Crippen LogP contribution in [0.5, 0.6) is 23.0 Å². The maximum absolute atomic E-state index is 12.8. The van der Waals surface area contributed by atoms with Crippen molar-refractivity contribution in [2.45, 2.75) is 107 Å². The smallest absolute Gasteiger partial charge is 0.412 e. The SMILES string of the molecule is CCN(CCl)C(=O)OCc1ccc(OC2OC(C(C)=O)C(C)[C@H](C)[C@@H]2C)c([N+](=O)[O-])c1.CCN(COc1cccc2ccccc12)C(=O)OCc1ccc(OC2OC(C(C)=O)C(C)[C@H](C)[C@@H]2C)c([N+](=O)[O-])c1.Oc1cccc2ccccc12. The Balaban J connectivity index is 0.000000230. The van der Waals surface area contributed by atoms with Gasteiger partial charge < -0.3 is 38.3 Å². The van der Waals surface area contributed by atoms with Crippen molar-refractivity contribution < 1.29 is 67.3 Å². The second kappa shape index (κ2) is 29.8. The van der Waals surface area contributed by atoms with Crippen LogP contribution in [0.1, 0.15) is 80.4 Å². The lowest BCUT2D eigenvalue weighted by Crippen LogP contribution is -2.49. The number of alkyl halides is 1. The van der Waals surface area contributed by atoms with Crippen molar-refractivity contribution in [3.8, 4) is 23.0 Å². The Bertz CT molecular complexity index is 3220. The Hall–Kier alpha value is -8.07. The van der Waals surface area contributed by atoms with E-state index in [-0.39, 0.29) is 95.9 Å². The summed E-state index contributed by atoms with van der Waals surface area (Å²) in [4.78, 5) is 73.8. The predicted molar refractivity (Wildman–Crippen MR) is 312 cm³/mol. The molecule has 1 N–H and O–H groups in total. The minimum atomic E-state index is -0.822. The van der Waals surface area contributed by atoms with Gasteiger partial charge >= 0.3 is 23.6 Å². The summed E-state index contributed by atoms with van der Waals surface area (Å²) in [5.74, 6) is 0.869. The molecule has 2 fully saturated rings. The highest BCUT2D eigenvalue weighted by atomic mass is 35.5. The number of rotatable bonds is 18. The third kappa shape index (κ3) is 16.4. The fourth-order valence-corrected chi connectivity index (χ4v) is 9.98. The zero-order valence-corrected chi connectivity index (χ0v) is 49.1. The molecule has 6 unspecified atom stereocenters. The monoisotopic (exact) mass is 1160 g/mol. The average Bonchev–Trinajstić information content (AvgIpc) is 3.61. The molecule has 10 atom stereocenters. The van der Waals surface area contributed by atoms with Crippen LogP contribution in [0.4, 0.5) is 21.0 Å². The summed E-state index contributed by atoms with van der Waals surface area (Å²) in [6, 6.07) is 35.5. The molecule has 8 rings (SSSR count). The van der Waals surface area contributed by atoms with E-state index >= 15 is 0 Å². The van der Waals surface area contributed by atoms with Gasteiger partial charge in [0, 0.05) is 47.8 Å². The first kappa shape index (κ1) is 64.1. The molecule has 20 nitrogen and oxygen atoms in total. The van der Waals surface area contributed by atoms with Crippen molar-refractivity contribution >= 4 is 68.3 Å². The molecule has 0 saturated carbocycles. The molecule has 0 aliphatic carbocycles. The number of ether oxygens (including phenoxy) is 7. The average molecular weight is 1170 g/mol. The molecule has 2 saturated heterocycles. The molecule has 0 radical (unpaired) electrons. The van der Waals surface area contributed by atoms with Crippen LogP contribution in [0.15, 0.2) is 121 Å². The highest BCUT2D eigenvalue weighted by Crippen LogP contribution is 2.41. The van der Waals surface area contributed by atoms with E-state index in [0.717, 1.165) is 21.5 Å². The van der Waals surface area contributed by atoms with Gasteiger partial charge in [0.2, 0.25) is 12.6 Å². The molecule has 2 aliphatic heterocycles. The maximum atomic E-state index is 12.8. The first-order valence-electron chi connectivity index (χ1n) is 27.4. The first-order chi connectivity index (χ1) is 39.6. The topological polar surface area (TPSA) is 246 Å². The Morgan fingerprint density at radius 1 is 0.554 bits per heavy atom. The molecular formula is C62H73ClN4O16. The summed E-state index contributed by atoms with van der Waals surface area (Å²) in [7, 11) is 0. The number of nitrogens with zero attached hydrogens (tertiary/aromatic N) is 4. The fraction of sp³-hybridized carbons (Fsp3) is 0.419. The van der Waals surface area contributed by atoms with E-state index in [4.69, 9.17) is 44.8 Å². The number of nitro benzene ring substituents is 2. The van der Waals surface area contributed by atoms with Crippen LogP contribution < -0.4 is 14.2 Å². The lowest BCUT2D eigenvalue weighted by atomic mass is 9.78. The predicted octanol–water partition coefficient (Wildman–Crippen LogP) is 13.2. The number of Topliss-reactive ketones (excluding diaryl/α,β-unsaturated/α-hetero) is 2. The van der Waals surface area contributed by atoms with E-state index in [1.54, 1.807) is 32.0 Å². The second-order valence-corrected chi connectivity index (χ2v) is 21.0. The number of phenolic OH excluding ortho intramolecular Hbond substituents is 1. The van der Waals surface area contributed by atoms with Gasteiger partial charge in [0.25, 0.3) is 0 Å². The number of carbonyl (C=O) groups excluding carboxylic acids is 4. The van der Waals surface area contributed by atoms with Crippen molar-refractivity contribution in [2.24, 2.45) is 35.5 Å². The summed E-state index contributed by atoms with van der Waals surface area (Å²) < 4.78 is 40.1. The van der Waals surface area contributed by atoms with E-state index in [1.165, 1.54) is 47.9 Å². The Kier molecular flexibility index (Phi) is 23.0. The van der Waals surface area contributed by atoms with E-state index in [1.807, 2.05) is 120 Å². The van der Waals surface area contributed by atoms with Gasteiger partial charge in [-0.05, 0) is 97.5 Å². The number of halogens is 1. The van der Waals surface area contributed by atoms with E-state index in [9.17, 15) is 44.5 Å². The van der Waals surface area contributed by atoms with Crippen LogP contribution in [0.2, 0.25) is 0 Å². The lowest BCUT2D eigenvalue weighted by Gasteiger charge is -2.42. The zero-order valence-electron chi connectivity index (χ0n) is 48.3. The molecule has 0 aromatic heterocycles. The molecule has 0 spiro atoms. The summed E-state index contributed by atoms with van der Waals surface area (Å²) in [5.41, 5.74) is 0.287. The van der Waals surface area contributed by atoms with Gasteiger partial charge in [0.1, 0.15) is 36.9 Å². The number of carbonyl (C=O) groups is 4. The van der Waals surface area contributed by atoms with Gasteiger partial charge in [-0.15, -0.1) is 11.6 Å². The minimum Gasteiger partial charge on any atom is -0.507 e. The van der Waals surface area contributed by atoms with Crippen LogP contribution in [0.3, 0.4) is 0 Å². The van der Waals surface area contributed by atoms with Gasteiger partial charge in [-0.1, -0.05) is 126 Å². The molecule has 2 aliphatic rings. The maximum Gasteiger partial charge on any atom is 0.412 e. The van der Waals surface area contributed by atoms with Crippen LogP contribution >= 0.6 is 11.6 Å². The first-order valence-corrected chi connectivity index (χ1v) is 28.0. The van der Waals surface area contributed by atoms with Crippen molar-refractivity contribution in [3.63, 3.8) is 0 Å². The molecule has 6 aromatic rings. The number of phenols is 1. The molecule has 2 amide bonds. The van der Waals surface area contributed by atoms with Crippen LogP contribution in [0, 0.1) is 55.7 Å². The zero-order chi connectivity index (χ0) is 60.7. The second-order valence-electron chi connectivity index (χ2n) is 20.8. The van der Waals surface area contributed by atoms with Crippen molar-refractivity contribution in [1.29, 1.82) is 0 Å². The van der Waals surface area contributed by atoms with Crippen LogP contribution in [-0.2, 0) is 41.8 Å². The summed E-state index contributed by atoms with van der Waals surface area (Å²) >= 11 is 5.67. The summed E-state index contributed by atoms with van der Waals surface area (Å²) in [6.07, 6.45) is -4.11. The number of ketones is 2. The molecule has 2 heterocycles. The standard InChI is InChI=1S/C31H36N2O8.C21H29ClN2O7.C10H8O/c1-6-32(18-39-27-13-9-11-24-10-7-8-12-25(24)27)31(35)38-17-23-14-15-28(26(16-23)33(36)37)40-30-21(4)19(2)20(3)29(41-30)22(5)34;1-6-23(11-22)21(26)29-10-16-7-8-18(17(9-16)24(27)28)30-20-14(4)12(2)13(3)19(31-20)15(5)25;11-10-7-3-5-8-4-1-2-6-9(8)10/h7-16,19-21,29-30H,6,17-18H2,1-5H3;7-9,12-14,19-20H,6,10-11H2,1-5H3;1-7,11H/t19-,20?,21-,29?,30?;12-,13?,14-,19?,20?;/m00./s1. The van der Waals surface area contributed by atoms with Crippen molar-refractivity contribution in [1.82, 2.24) is 9.80 Å². The highest BCUT2D eigenvalue weighted by Gasteiger charge is 2.44.